The van der Waals surface area contributed by atoms with E-state index in [4.69, 9.17) is 4.74 Å². The van der Waals surface area contributed by atoms with Gasteiger partial charge in [0.05, 0.1) is 41.4 Å². The lowest BCUT2D eigenvalue weighted by Crippen LogP contribution is -1.96. The molecular formula is C14H14N4O2S. The van der Waals surface area contributed by atoms with E-state index in [1.165, 1.54) is 0 Å². The van der Waals surface area contributed by atoms with Gasteiger partial charge in [0.1, 0.15) is 17.1 Å². The van der Waals surface area contributed by atoms with Crippen LogP contribution in [0.3, 0.4) is 0 Å². The lowest BCUT2D eigenvalue weighted by molar-refractivity contribution is 0.415. The van der Waals surface area contributed by atoms with Crippen molar-refractivity contribution < 1.29 is 8.95 Å². The second kappa shape index (κ2) is 5.61. The first-order chi connectivity index (χ1) is 10.2. The van der Waals surface area contributed by atoms with Crippen LogP contribution in [0.2, 0.25) is 0 Å². The molecule has 2 aromatic heterocycles. The normalized spacial score (nSPS) is 12.5. The van der Waals surface area contributed by atoms with Crippen molar-refractivity contribution in [2.45, 2.75) is 11.8 Å². The fourth-order valence-electron chi connectivity index (χ4n) is 2.08. The zero-order valence-corrected chi connectivity index (χ0v) is 12.5. The highest BCUT2D eigenvalue weighted by Gasteiger charge is 2.13. The van der Waals surface area contributed by atoms with Crippen LogP contribution in [-0.2, 0) is 10.8 Å². The van der Waals surface area contributed by atoms with E-state index in [2.05, 4.69) is 20.2 Å². The first-order valence-electron chi connectivity index (χ1n) is 6.46. The van der Waals surface area contributed by atoms with Crippen molar-refractivity contribution in [1.29, 1.82) is 0 Å². The van der Waals surface area contributed by atoms with Gasteiger partial charge in [0.15, 0.2) is 0 Å². The predicted molar refractivity (Wildman–Crippen MR) is 80.6 cm³/mol. The maximum Gasteiger partial charge on any atom is 0.142 e. The summed E-state index contributed by atoms with van der Waals surface area (Å²) in [6.45, 7) is 1.88. The zero-order valence-electron chi connectivity index (χ0n) is 11.7. The third-order valence-electron chi connectivity index (χ3n) is 3.15. The number of nitrogens with zero attached hydrogens (tertiary/aromatic N) is 3. The second-order valence-corrected chi connectivity index (χ2v) is 6.11. The van der Waals surface area contributed by atoms with E-state index in [9.17, 15) is 4.21 Å². The Morgan fingerprint density at radius 1 is 1.29 bits per heavy atom. The minimum absolute atomic E-state index is 0.574. The molecule has 0 saturated carbocycles. The molecule has 0 bridgehead atoms. The number of imidazole rings is 1. The Morgan fingerprint density at radius 3 is 2.81 bits per heavy atom. The second-order valence-electron chi connectivity index (χ2n) is 4.37. The molecule has 0 radical (unpaired) electrons. The fraction of sp³-hybridized carbons (Fsp3) is 0.214. The smallest absolute Gasteiger partial charge is 0.142 e. The van der Waals surface area contributed by atoms with E-state index in [0.29, 0.717) is 17.3 Å². The standard InChI is InChI=1S/C14H14N4O2S/c1-3-21(19)9-4-5-10(13(6-9)20-2)14-17-11-7-15-16-8-12(11)18-14/h4-8H,3H2,1-2H3,(H,17,18). The number of hydrogen-bond donors (Lipinski definition) is 1. The number of H-pyrrole nitrogens is 1. The summed E-state index contributed by atoms with van der Waals surface area (Å²) in [5, 5.41) is 7.63. The molecule has 0 aliphatic heterocycles. The van der Waals surface area contributed by atoms with Gasteiger partial charge in [0.25, 0.3) is 0 Å². The van der Waals surface area contributed by atoms with Gasteiger partial charge in [-0.25, -0.2) is 4.98 Å². The Morgan fingerprint density at radius 2 is 2.10 bits per heavy atom. The molecule has 0 fully saturated rings. The molecule has 21 heavy (non-hydrogen) atoms. The number of nitrogens with one attached hydrogen (secondary N) is 1. The van der Waals surface area contributed by atoms with Crippen LogP contribution in [0.15, 0.2) is 35.5 Å². The monoisotopic (exact) mass is 302 g/mol. The molecule has 1 N–H and O–H groups in total. The molecule has 3 rings (SSSR count). The van der Waals surface area contributed by atoms with Crippen molar-refractivity contribution in [3.05, 3.63) is 30.6 Å². The van der Waals surface area contributed by atoms with Gasteiger partial charge >= 0.3 is 0 Å². The molecule has 1 atom stereocenters. The van der Waals surface area contributed by atoms with Crippen LogP contribution in [0, 0.1) is 0 Å². The lowest BCUT2D eigenvalue weighted by Gasteiger charge is -2.08. The van der Waals surface area contributed by atoms with Gasteiger partial charge in [-0.2, -0.15) is 10.2 Å². The summed E-state index contributed by atoms with van der Waals surface area (Å²) in [6, 6.07) is 5.49. The number of fused-ring (bicyclic) bond motifs is 1. The van der Waals surface area contributed by atoms with Crippen molar-refractivity contribution in [3.63, 3.8) is 0 Å². The molecule has 1 aromatic carbocycles. The van der Waals surface area contributed by atoms with Gasteiger partial charge in [-0.1, -0.05) is 6.92 Å². The summed E-state index contributed by atoms with van der Waals surface area (Å²) in [6.07, 6.45) is 3.22. The SMILES string of the molecule is CCS(=O)c1ccc(-c2nc3cnncc3[nH]2)c(OC)c1. The highest BCUT2D eigenvalue weighted by atomic mass is 32.2. The minimum atomic E-state index is -1.01. The highest BCUT2D eigenvalue weighted by Crippen LogP contribution is 2.31. The number of hydrogen-bond acceptors (Lipinski definition) is 5. The number of methoxy groups -OCH3 is 1. The third kappa shape index (κ3) is 2.52. The number of aromatic amines is 1. The average Bonchev–Trinajstić information content (AvgIpc) is 2.97. The van der Waals surface area contributed by atoms with Gasteiger partial charge in [-0.3, -0.25) is 4.21 Å². The molecule has 0 amide bonds. The summed E-state index contributed by atoms with van der Waals surface area (Å²) in [5.74, 6) is 1.88. The fourth-order valence-corrected chi connectivity index (χ4v) is 2.87. The van der Waals surface area contributed by atoms with Gasteiger partial charge in [-0.15, -0.1) is 0 Å². The topological polar surface area (TPSA) is 80.8 Å². The third-order valence-corrected chi connectivity index (χ3v) is 4.45. The summed E-state index contributed by atoms with van der Waals surface area (Å²) in [4.78, 5) is 8.40. The number of rotatable bonds is 4. The van der Waals surface area contributed by atoms with E-state index in [1.54, 1.807) is 25.6 Å². The van der Waals surface area contributed by atoms with E-state index in [-0.39, 0.29) is 0 Å². The zero-order chi connectivity index (χ0) is 14.8. The van der Waals surface area contributed by atoms with Crippen molar-refractivity contribution in [3.8, 4) is 17.1 Å². The van der Waals surface area contributed by atoms with E-state index in [1.807, 2.05) is 19.1 Å². The summed E-state index contributed by atoms with van der Waals surface area (Å²) in [7, 11) is 0.574. The maximum atomic E-state index is 11.9. The first kappa shape index (κ1) is 13.7. The van der Waals surface area contributed by atoms with Crippen LogP contribution in [0.5, 0.6) is 5.75 Å². The van der Waals surface area contributed by atoms with Crippen molar-refractivity contribution >= 4 is 21.8 Å². The minimum Gasteiger partial charge on any atom is -0.496 e. The van der Waals surface area contributed by atoms with Gasteiger partial charge in [0, 0.05) is 10.6 Å². The number of benzene rings is 1. The quantitative estimate of drug-likeness (QED) is 0.798. The lowest BCUT2D eigenvalue weighted by atomic mass is 10.2. The van der Waals surface area contributed by atoms with Crippen LogP contribution in [-0.4, -0.2) is 37.2 Å². The van der Waals surface area contributed by atoms with Crippen LogP contribution in [0.25, 0.3) is 22.4 Å². The van der Waals surface area contributed by atoms with Gasteiger partial charge in [0.2, 0.25) is 0 Å². The Balaban J connectivity index is 2.10. The predicted octanol–water partition coefficient (Wildman–Crippen LogP) is 2.16. The van der Waals surface area contributed by atoms with Crippen molar-refractivity contribution in [2.75, 3.05) is 12.9 Å². The molecule has 0 aliphatic carbocycles. The molecular weight excluding hydrogens is 288 g/mol. The molecule has 2 heterocycles. The Hall–Kier alpha value is -2.28. The molecule has 7 heteroatoms. The molecule has 1 unspecified atom stereocenters. The molecule has 0 aliphatic rings. The first-order valence-corrected chi connectivity index (χ1v) is 7.78. The molecule has 6 nitrogen and oxygen atoms in total. The Labute approximate surface area is 124 Å². The molecule has 0 spiro atoms. The van der Waals surface area contributed by atoms with E-state index >= 15 is 0 Å². The molecule has 3 aromatic rings. The van der Waals surface area contributed by atoms with Gasteiger partial charge < -0.3 is 9.72 Å². The summed E-state index contributed by atoms with van der Waals surface area (Å²) < 4.78 is 17.3. The van der Waals surface area contributed by atoms with Crippen LogP contribution in [0.4, 0.5) is 0 Å². The van der Waals surface area contributed by atoms with Crippen LogP contribution in [0.1, 0.15) is 6.92 Å². The summed E-state index contributed by atoms with van der Waals surface area (Å²) in [5.41, 5.74) is 2.36. The van der Waals surface area contributed by atoms with E-state index < -0.39 is 10.8 Å². The highest BCUT2D eigenvalue weighted by molar-refractivity contribution is 7.85. The van der Waals surface area contributed by atoms with Crippen LogP contribution < -0.4 is 4.74 Å². The summed E-state index contributed by atoms with van der Waals surface area (Å²) >= 11 is 0. The van der Waals surface area contributed by atoms with Crippen molar-refractivity contribution in [1.82, 2.24) is 20.2 Å². The largest absolute Gasteiger partial charge is 0.496 e. The molecule has 108 valence electrons. The van der Waals surface area contributed by atoms with Crippen molar-refractivity contribution in [2.24, 2.45) is 0 Å². The molecule has 0 saturated heterocycles. The Kier molecular flexibility index (Phi) is 3.66. The Bertz CT molecular complexity index is 783. The average molecular weight is 302 g/mol. The number of aromatic nitrogens is 4. The maximum absolute atomic E-state index is 11.9. The number of ether oxygens (including phenoxy) is 1. The van der Waals surface area contributed by atoms with Crippen LogP contribution >= 0.6 is 0 Å². The van der Waals surface area contributed by atoms with Gasteiger partial charge in [-0.05, 0) is 18.2 Å². The van der Waals surface area contributed by atoms with E-state index in [0.717, 1.165) is 21.5 Å².